The van der Waals surface area contributed by atoms with Crippen molar-refractivity contribution in [1.29, 1.82) is 0 Å². The number of cyclic esters (lactones) is 1. The summed E-state index contributed by atoms with van der Waals surface area (Å²) < 4.78 is 9.48. The summed E-state index contributed by atoms with van der Waals surface area (Å²) in [7, 11) is 0. The third-order valence-corrected chi connectivity index (χ3v) is 1.97. The molecule has 1 amide bonds. The van der Waals surface area contributed by atoms with Crippen molar-refractivity contribution in [2.24, 2.45) is 0 Å². The van der Waals surface area contributed by atoms with Gasteiger partial charge >= 0.3 is 11.9 Å². The first-order valence-electron chi connectivity index (χ1n) is 4.90. The van der Waals surface area contributed by atoms with Crippen LogP contribution in [0.25, 0.3) is 0 Å². The summed E-state index contributed by atoms with van der Waals surface area (Å²) in [6.07, 6.45) is 0.731. The minimum absolute atomic E-state index is 0.0172. The van der Waals surface area contributed by atoms with E-state index in [9.17, 15) is 14.4 Å². The number of rotatable bonds is 5. The van der Waals surface area contributed by atoms with E-state index in [0.29, 0.717) is 6.42 Å². The summed E-state index contributed by atoms with van der Waals surface area (Å²) in [6, 6.07) is 0. The number of carbonyl (C=O) groups excluding carboxylic acids is 3. The molecule has 6 heteroatoms. The highest BCUT2D eigenvalue weighted by Crippen LogP contribution is 2.10. The van der Waals surface area contributed by atoms with Crippen LogP contribution >= 0.6 is 0 Å². The standard InChI is InChI=1S/C10H13NO5/c1-2-8(12)11-5-3-9(13)16-7-4-6-15-10(7)14/h2,7H,1,3-6H2,(H,11,12). The number of amides is 1. The zero-order valence-corrected chi connectivity index (χ0v) is 8.73. The third-order valence-electron chi connectivity index (χ3n) is 1.97. The Balaban J connectivity index is 2.18. The predicted octanol–water partition coefficient (Wildman–Crippen LogP) is -0.463. The van der Waals surface area contributed by atoms with Gasteiger partial charge in [0.2, 0.25) is 12.0 Å². The van der Waals surface area contributed by atoms with Crippen LogP contribution in [-0.4, -0.2) is 37.1 Å². The minimum atomic E-state index is -0.789. The zero-order valence-electron chi connectivity index (χ0n) is 8.73. The van der Waals surface area contributed by atoms with Gasteiger partial charge in [0.15, 0.2) is 0 Å². The number of hydrogen-bond acceptors (Lipinski definition) is 5. The van der Waals surface area contributed by atoms with Crippen LogP contribution in [0.5, 0.6) is 0 Å². The summed E-state index contributed by atoms with van der Waals surface area (Å²) in [6.45, 7) is 3.70. The van der Waals surface area contributed by atoms with Crippen LogP contribution in [0.1, 0.15) is 12.8 Å². The van der Waals surface area contributed by atoms with Gasteiger partial charge in [0.25, 0.3) is 0 Å². The number of carbonyl (C=O) groups is 3. The molecular formula is C10H13NO5. The fourth-order valence-electron chi connectivity index (χ4n) is 1.16. The highest BCUT2D eigenvalue weighted by atomic mass is 16.6. The maximum atomic E-state index is 11.2. The first kappa shape index (κ1) is 12.2. The Kier molecular flexibility index (Phi) is 4.50. The Hall–Kier alpha value is -1.85. The van der Waals surface area contributed by atoms with E-state index in [0.717, 1.165) is 6.08 Å². The molecule has 0 aromatic carbocycles. The van der Waals surface area contributed by atoms with E-state index >= 15 is 0 Å². The number of ether oxygens (including phenoxy) is 2. The molecule has 0 radical (unpaired) electrons. The molecule has 1 aliphatic heterocycles. The van der Waals surface area contributed by atoms with Crippen molar-refractivity contribution >= 4 is 17.8 Å². The molecule has 1 heterocycles. The molecule has 1 atom stereocenters. The van der Waals surface area contributed by atoms with Gasteiger partial charge in [-0.15, -0.1) is 0 Å². The van der Waals surface area contributed by atoms with Gasteiger partial charge in [0, 0.05) is 13.0 Å². The average molecular weight is 227 g/mol. The Morgan fingerprint density at radius 1 is 1.62 bits per heavy atom. The van der Waals surface area contributed by atoms with Gasteiger partial charge in [-0.1, -0.05) is 6.58 Å². The second-order valence-electron chi connectivity index (χ2n) is 3.18. The summed E-state index contributed by atoms with van der Waals surface area (Å²) >= 11 is 0. The monoisotopic (exact) mass is 227 g/mol. The van der Waals surface area contributed by atoms with Crippen molar-refractivity contribution in [3.05, 3.63) is 12.7 Å². The van der Waals surface area contributed by atoms with Gasteiger partial charge in [-0.3, -0.25) is 9.59 Å². The van der Waals surface area contributed by atoms with E-state index in [1.807, 2.05) is 0 Å². The van der Waals surface area contributed by atoms with Gasteiger partial charge in [-0.2, -0.15) is 0 Å². The molecule has 1 aliphatic rings. The van der Waals surface area contributed by atoms with Crippen molar-refractivity contribution < 1.29 is 23.9 Å². The molecule has 1 fully saturated rings. The van der Waals surface area contributed by atoms with Crippen LogP contribution in [0.2, 0.25) is 0 Å². The number of nitrogens with one attached hydrogen (secondary N) is 1. The molecule has 16 heavy (non-hydrogen) atoms. The SMILES string of the molecule is C=CC(=O)NCCC(=O)OC1CCOC1=O. The van der Waals surface area contributed by atoms with Crippen LogP contribution in [0.15, 0.2) is 12.7 Å². The highest BCUT2D eigenvalue weighted by Gasteiger charge is 2.29. The first-order chi connectivity index (χ1) is 7.63. The smallest absolute Gasteiger partial charge is 0.347 e. The van der Waals surface area contributed by atoms with Crippen molar-refractivity contribution in [2.75, 3.05) is 13.2 Å². The predicted molar refractivity (Wildman–Crippen MR) is 53.3 cm³/mol. The van der Waals surface area contributed by atoms with Crippen LogP contribution in [-0.2, 0) is 23.9 Å². The Morgan fingerprint density at radius 3 is 2.94 bits per heavy atom. The molecular weight excluding hydrogens is 214 g/mol. The van der Waals surface area contributed by atoms with Gasteiger partial charge < -0.3 is 14.8 Å². The first-order valence-corrected chi connectivity index (χ1v) is 4.90. The number of esters is 2. The van der Waals surface area contributed by atoms with Crippen molar-refractivity contribution in [2.45, 2.75) is 18.9 Å². The van der Waals surface area contributed by atoms with Crippen LogP contribution in [0, 0.1) is 0 Å². The van der Waals surface area contributed by atoms with Crippen LogP contribution < -0.4 is 5.32 Å². The maximum absolute atomic E-state index is 11.2. The normalized spacial score (nSPS) is 18.8. The second kappa shape index (κ2) is 5.89. The van der Waals surface area contributed by atoms with E-state index in [-0.39, 0.29) is 25.5 Å². The second-order valence-corrected chi connectivity index (χ2v) is 3.18. The summed E-state index contributed by atoms with van der Waals surface area (Å²) in [5.74, 6) is -1.40. The maximum Gasteiger partial charge on any atom is 0.347 e. The summed E-state index contributed by atoms with van der Waals surface area (Å²) in [4.78, 5) is 32.9. The lowest BCUT2D eigenvalue weighted by molar-refractivity contribution is -0.160. The van der Waals surface area contributed by atoms with Crippen molar-refractivity contribution in [3.63, 3.8) is 0 Å². The minimum Gasteiger partial charge on any atom is -0.463 e. The molecule has 0 aromatic rings. The molecule has 0 aliphatic carbocycles. The quantitative estimate of drug-likeness (QED) is 0.507. The Labute approximate surface area is 92.6 Å². The summed E-state index contributed by atoms with van der Waals surface area (Å²) in [5, 5.41) is 2.43. The van der Waals surface area contributed by atoms with E-state index in [4.69, 9.17) is 4.74 Å². The van der Waals surface area contributed by atoms with E-state index in [1.54, 1.807) is 0 Å². The zero-order chi connectivity index (χ0) is 12.0. The lowest BCUT2D eigenvalue weighted by Crippen LogP contribution is -2.27. The van der Waals surface area contributed by atoms with E-state index < -0.39 is 18.0 Å². The van der Waals surface area contributed by atoms with Gasteiger partial charge in [-0.25, -0.2) is 4.79 Å². The van der Waals surface area contributed by atoms with Crippen molar-refractivity contribution in [1.82, 2.24) is 5.32 Å². The largest absolute Gasteiger partial charge is 0.463 e. The van der Waals surface area contributed by atoms with Gasteiger partial charge in [-0.05, 0) is 6.08 Å². The van der Waals surface area contributed by atoms with Crippen molar-refractivity contribution in [3.8, 4) is 0 Å². The fourth-order valence-corrected chi connectivity index (χ4v) is 1.16. The number of hydrogen-bond donors (Lipinski definition) is 1. The molecule has 0 aromatic heterocycles. The lowest BCUT2D eigenvalue weighted by Gasteiger charge is -2.08. The molecule has 88 valence electrons. The average Bonchev–Trinajstić information content (AvgIpc) is 2.64. The molecule has 1 saturated heterocycles. The molecule has 0 saturated carbocycles. The molecule has 6 nitrogen and oxygen atoms in total. The van der Waals surface area contributed by atoms with Gasteiger partial charge in [0.05, 0.1) is 13.0 Å². The van der Waals surface area contributed by atoms with E-state index in [2.05, 4.69) is 16.6 Å². The van der Waals surface area contributed by atoms with Crippen LogP contribution in [0.4, 0.5) is 0 Å². The topological polar surface area (TPSA) is 81.7 Å². The van der Waals surface area contributed by atoms with E-state index in [1.165, 1.54) is 0 Å². The third kappa shape index (κ3) is 3.72. The molecule has 0 spiro atoms. The molecule has 1 rings (SSSR count). The molecule has 0 bridgehead atoms. The molecule has 1 unspecified atom stereocenters. The fraction of sp³-hybridized carbons (Fsp3) is 0.500. The highest BCUT2D eigenvalue weighted by molar-refractivity contribution is 5.87. The van der Waals surface area contributed by atoms with Gasteiger partial charge in [0.1, 0.15) is 0 Å². The Morgan fingerprint density at radius 2 is 2.38 bits per heavy atom. The lowest BCUT2D eigenvalue weighted by atomic mass is 10.3. The summed E-state index contributed by atoms with van der Waals surface area (Å²) in [5.41, 5.74) is 0. The molecule has 1 N–H and O–H groups in total. The Bertz CT molecular complexity index is 312. The van der Waals surface area contributed by atoms with Crippen LogP contribution in [0.3, 0.4) is 0 Å².